The first-order valence-corrected chi connectivity index (χ1v) is 13.2. The zero-order valence-electron chi connectivity index (χ0n) is 18.8. The lowest BCUT2D eigenvalue weighted by atomic mass is 10.1. The van der Waals surface area contributed by atoms with E-state index in [0.717, 1.165) is 27.6 Å². The van der Waals surface area contributed by atoms with Gasteiger partial charge in [0.1, 0.15) is 5.01 Å². The minimum atomic E-state index is -3.43. The first-order chi connectivity index (χ1) is 16.2. The van der Waals surface area contributed by atoms with Crippen LogP contribution in [0.5, 0.6) is 0 Å². The molecule has 178 valence electrons. The Morgan fingerprint density at radius 1 is 1.06 bits per heavy atom. The number of amides is 2. The van der Waals surface area contributed by atoms with Crippen molar-refractivity contribution in [3.05, 3.63) is 65.3 Å². The van der Waals surface area contributed by atoms with Crippen LogP contribution in [0.3, 0.4) is 0 Å². The largest absolute Gasteiger partial charge is 0.421 e. The Morgan fingerprint density at radius 2 is 1.82 bits per heavy atom. The summed E-state index contributed by atoms with van der Waals surface area (Å²) in [5, 5.41) is 14.1. The van der Waals surface area contributed by atoms with E-state index in [2.05, 4.69) is 30.5 Å². The average molecular weight is 501 g/mol. The summed E-state index contributed by atoms with van der Waals surface area (Å²) in [6, 6.07) is 14.7. The van der Waals surface area contributed by atoms with Crippen molar-refractivity contribution in [1.29, 1.82) is 0 Å². The number of sulfonamides is 1. The fourth-order valence-corrected chi connectivity index (χ4v) is 4.62. The minimum Gasteiger partial charge on any atom is -0.421 e. The van der Waals surface area contributed by atoms with Crippen LogP contribution in [0.4, 0.5) is 4.79 Å². The van der Waals surface area contributed by atoms with Crippen molar-refractivity contribution < 1.29 is 17.6 Å². The zero-order valence-corrected chi connectivity index (χ0v) is 20.4. The molecule has 0 saturated heterocycles. The summed E-state index contributed by atoms with van der Waals surface area (Å²) >= 11 is 1.40. The van der Waals surface area contributed by atoms with Gasteiger partial charge in [0.05, 0.1) is 23.0 Å². The highest BCUT2D eigenvalue weighted by atomic mass is 32.2. The van der Waals surface area contributed by atoms with Crippen LogP contribution in [0.25, 0.3) is 21.3 Å². The predicted octanol–water partition coefficient (Wildman–Crippen LogP) is 3.19. The molecule has 0 spiro atoms. The van der Waals surface area contributed by atoms with Crippen LogP contribution < -0.4 is 15.4 Å². The predicted molar refractivity (Wildman–Crippen MR) is 130 cm³/mol. The maximum atomic E-state index is 12.5. The van der Waals surface area contributed by atoms with E-state index >= 15 is 0 Å². The summed E-state index contributed by atoms with van der Waals surface area (Å²) in [4.78, 5) is 17.2. The number of fused-ring (bicyclic) bond motifs is 1. The number of urea groups is 1. The van der Waals surface area contributed by atoms with Gasteiger partial charge in [-0.25, -0.2) is 22.9 Å². The van der Waals surface area contributed by atoms with Crippen LogP contribution in [0.1, 0.15) is 36.7 Å². The Balaban J connectivity index is 1.67. The highest BCUT2D eigenvalue weighted by Gasteiger charge is 2.27. The summed E-state index contributed by atoms with van der Waals surface area (Å²) in [5.74, 6) is 0.176. The lowest BCUT2D eigenvalue weighted by Crippen LogP contribution is -2.41. The number of carbonyl (C=O) groups excluding carboxylic acids is 1. The van der Waals surface area contributed by atoms with Gasteiger partial charge in [-0.1, -0.05) is 36.4 Å². The van der Waals surface area contributed by atoms with Crippen LogP contribution in [-0.4, -0.2) is 41.9 Å². The quantitative estimate of drug-likeness (QED) is 0.338. The van der Waals surface area contributed by atoms with Crippen LogP contribution in [0, 0.1) is 0 Å². The van der Waals surface area contributed by atoms with Crippen LogP contribution in [0.15, 0.2) is 52.9 Å². The Hall–Kier alpha value is -3.35. The van der Waals surface area contributed by atoms with Gasteiger partial charge in [0, 0.05) is 6.04 Å². The van der Waals surface area contributed by atoms with Crippen molar-refractivity contribution in [3.63, 3.8) is 0 Å². The molecule has 1 atom stereocenters. The fourth-order valence-electron chi connectivity index (χ4n) is 3.19. The maximum Gasteiger partial charge on any atom is 0.315 e. The van der Waals surface area contributed by atoms with Crippen LogP contribution in [-0.2, 0) is 16.6 Å². The first kappa shape index (κ1) is 23.8. The molecule has 2 aromatic carbocycles. The van der Waals surface area contributed by atoms with Gasteiger partial charge in [-0.3, -0.25) is 0 Å². The summed E-state index contributed by atoms with van der Waals surface area (Å²) in [5.41, 5.74) is 2.91. The van der Waals surface area contributed by atoms with Crippen molar-refractivity contribution in [3.8, 4) is 11.1 Å². The number of hydrogen-bond donors (Lipinski definition) is 3. The molecule has 2 amide bonds. The molecular formula is C22H24N6O4S2. The molecule has 0 aliphatic rings. The number of thiazole rings is 1. The van der Waals surface area contributed by atoms with E-state index in [9.17, 15) is 13.2 Å². The Kier molecular flexibility index (Phi) is 6.91. The third-order valence-corrected chi connectivity index (χ3v) is 6.42. The van der Waals surface area contributed by atoms with Gasteiger partial charge in [0.15, 0.2) is 6.04 Å². The average Bonchev–Trinajstić information content (AvgIpc) is 3.42. The number of nitrogens with zero attached hydrogens (tertiary/aromatic N) is 3. The molecule has 10 nitrogen and oxygen atoms in total. The van der Waals surface area contributed by atoms with Crippen molar-refractivity contribution >= 4 is 37.6 Å². The topological polar surface area (TPSA) is 139 Å². The van der Waals surface area contributed by atoms with Crippen LogP contribution >= 0.6 is 11.3 Å². The number of nitrogens with one attached hydrogen (secondary N) is 3. The molecule has 12 heteroatoms. The molecular weight excluding hydrogens is 476 g/mol. The molecule has 2 heterocycles. The highest BCUT2D eigenvalue weighted by molar-refractivity contribution is 7.88. The first-order valence-electron chi connectivity index (χ1n) is 10.5. The maximum absolute atomic E-state index is 12.5. The molecule has 0 saturated carbocycles. The third kappa shape index (κ3) is 5.95. The Morgan fingerprint density at radius 3 is 2.53 bits per heavy atom. The highest BCUT2D eigenvalue weighted by Crippen LogP contribution is 2.32. The number of carbonyl (C=O) groups is 1. The fraction of sp³-hybridized carbons (Fsp3) is 0.273. The SMILES string of the molecule is CC(C)NC(=O)NC(c1nnc(CNS(C)(=O)=O)o1)c1nc2ccc(-c3ccccc3)cc2s1. The summed E-state index contributed by atoms with van der Waals surface area (Å²) in [6.07, 6.45) is 1.04. The number of rotatable bonds is 8. The van der Waals surface area contributed by atoms with Crippen molar-refractivity contribution in [2.45, 2.75) is 32.5 Å². The zero-order chi connectivity index (χ0) is 24.3. The van der Waals surface area contributed by atoms with E-state index in [0.29, 0.717) is 5.01 Å². The van der Waals surface area contributed by atoms with Crippen molar-refractivity contribution in [2.24, 2.45) is 0 Å². The van der Waals surface area contributed by atoms with Gasteiger partial charge in [0.25, 0.3) is 0 Å². The molecule has 0 aliphatic heterocycles. The van der Waals surface area contributed by atoms with Crippen LogP contribution in [0.2, 0.25) is 0 Å². The Bertz CT molecular complexity index is 1400. The molecule has 4 aromatic rings. The monoisotopic (exact) mass is 500 g/mol. The third-order valence-electron chi connectivity index (χ3n) is 4.67. The van der Waals surface area contributed by atoms with Gasteiger partial charge in [-0.15, -0.1) is 21.5 Å². The molecule has 0 bridgehead atoms. The summed E-state index contributed by atoms with van der Waals surface area (Å²) < 4.78 is 31.6. The summed E-state index contributed by atoms with van der Waals surface area (Å²) in [6.45, 7) is 3.54. The number of hydrogen-bond acceptors (Lipinski definition) is 8. The van der Waals surface area contributed by atoms with Gasteiger partial charge in [0.2, 0.25) is 21.8 Å². The minimum absolute atomic E-state index is 0.0731. The lowest BCUT2D eigenvalue weighted by molar-refractivity contribution is 0.234. The molecule has 4 rings (SSSR count). The molecule has 34 heavy (non-hydrogen) atoms. The molecule has 0 radical (unpaired) electrons. The van der Waals surface area contributed by atoms with Gasteiger partial charge in [-0.2, -0.15) is 0 Å². The van der Waals surface area contributed by atoms with Crippen molar-refractivity contribution in [1.82, 2.24) is 30.5 Å². The number of aromatic nitrogens is 3. The smallest absolute Gasteiger partial charge is 0.315 e. The van der Waals surface area contributed by atoms with E-state index < -0.39 is 22.1 Å². The second kappa shape index (κ2) is 9.87. The van der Waals surface area contributed by atoms with E-state index in [-0.39, 0.29) is 24.4 Å². The molecule has 0 fully saturated rings. The second-order valence-corrected chi connectivity index (χ2v) is 10.8. The van der Waals surface area contributed by atoms with Gasteiger partial charge < -0.3 is 15.1 Å². The molecule has 0 aliphatic carbocycles. The molecule has 1 unspecified atom stereocenters. The second-order valence-electron chi connectivity index (χ2n) is 7.93. The molecule has 3 N–H and O–H groups in total. The standard InChI is InChI=1S/C22H24N6O4S2/c1-13(2)24-22(29)26-19(20-28-27-18(32-20)12-23-34(3,30)31)21-25-16-10-9-15(11-17(16)33-21)14-7-5-4-6-8-14/h4-11,13,19,23H,12H2,1-3H3,(H2,24,26,29). The summed E-state index contributed by atoms with van der Waals surface area (Å²) in [7, 11) is -3.43. The normalized spacial score (nSPS) is 12.7. The van der Waals surface area contributed by atoms with E-state index in [4.69, 9.17) is 4.42 Å². The van der Waals surface area contributed by atoms with Crippen molar-refractivity contribution in [2.75, 3.05) is 6.26 Å². The van der Waals surface area contributed by atoms with Gasteiger partial charge in [-0.05, 0) is 37.1 Å². The lowest BCUT2D eigenvalue weighted by Gasteiger charge is -2.15. The number of benzene rings is 2. The van der Waals surface area contributed by atoms with E-state index in [1.807, 2.05) is 62.4 Å². The molecule has 2 aromatic heterocycles. The van der Waals surface area contributed by atoms with E-state index in [1.54, 1.807) is 0 Å². The van der Waals surface area contributed by atoms with Gasteiger partial charge >= 0.3 is 6.03 Å². The van der Waals surface area contributed by atoms with E-state index in [1.165, 1.54) is 11.3 Å². The Labute approximate surface area is 200 Å².